The normalized spacial score (nSPS) is 22.7. The Morgan fingerprint density at radius 1 is 1.46 bits per heavy atom. The molecule has 3 heterocycles. The molecule has 2 atom stereocenters. The number of likely N-dealkylation sites (tertiary alicyclic amines) is 1. The molecule has 2 aliphatic rings. The van der Waals surface area contributed by atoms with E-state index in [1.165, 1.54) is 7.11 Å². The Kier molecular flexibility index (Phi) is 3.90. The summed E-state index contributed by atoms with van der Waals surface area (Å²) in [5, 5.41) is 8.65. The summed E-state index contributed by atoms with van der Waals surface area (Å²) in [6, 6.07) is 5.05. The lowest BCUT2D eigenvalue weighted by Gasteiger charge is -2.41. The van der Waals surface area contributed by atoms with Gasteiger partial charge in [0.15, 0.2) is 0 Å². The third-order valence-electron chi connectivity index (χ3n) is 4.61. The molecule has 0 aliphatic carbocycles. The zero-order valence-corrected chi connectivity index (χ0v) is 13.9. The molecular formula is C16H17ClN4O3. The molecule has 2 aromatic rings. The van der Waals surface area contributed by atoms with Crippen LogP contribution in [-0.4, -0.2) is 52.1 Å². The second-order valence-corrected chi connectivity index (χ2v) is 6.41. The molecule has 1 aromatic carbocycles. The SMILES string of the molecule is COc1cc(Cl)ccc1C(=O)N1CC[C@@H]2OCc3cnnn3[C@H]2C1. The van der Waals surface area contributed by atoms with E-state index in [0.29, 0.717) is 36.0 Å². The standard InChI is InChI=1S/C16H17ClN4O3/c1-23-15-6-10(17)2-3-12(15)16(22)20-5-4-14-13(8-20)21-11(9-24-14)7-18-19-21/h2-3,6-7,13-14H,4-5,8-9H2,1H3/t13-,14-/m0/s1. The number of ether oxygens (including phenoxy) is 2. The van der Waals surface area contributed by atoms with Crippen LogP contribution in [0.4, 0.5) is 0 Å². The van der Waals surface area contributed by atoms with Gasteiger partial charge in [0.25, 0.3) is 5.91 Å². The quantitative estimate of drug-likeness (QED) is 0.829. The zero-order valence-electron chi connectivity index (χ0n) is 13.2. The van der Waals surface area contributed by atoms with E-state index in [0.717, 1.165) is 12.1 Å². The molecule has 2 aliphatic heterocycles. The van der Waals surface area contributed by atoms with E-state index >= 15 is 0 Å². The maximum absolute atomic E-state index is 12.9. The first-order chi connectivity index (χ1) is 11.7. The summed E-state index contributed by atoms with van der Waals surface area (Å²) >= 11 is 5.98. The predicted octanol–water partition coefficient (Wildman–Crippen LogP) is 1.93. The summed E-state index contributed by atoms with van der Waals surface area (Å²) in [7, 11) is 1.53. The Bertz CT molecular complexity index is 778. The highest BCUT2D eigenvalue weighted by Gasteiger charge is 2.38. The van der Waals surface area contributed by atoms with Crippen molar-refractivity contribution in [3.05, 3.63) is 40.7 Å². The smallest absolute Gasteiger partial charge is 0.257 e. The minimum absolute atomic E-state index is 0.00718. The first kappa shape index (κ1) is 15.4. The van der Waals surface area contributed by atoms with Gasteiger partial charge in [0.2, 0.25) is 0 Å². The van der Waals surface area contributed by atoms with Crippen LogP contribution in [-0.2, 0) is 11.3 Å². The van der Waals surface area contributed by atoms with E-state index in [1.54, 1.807) is 24.4 Å². The molecule has 1 amide bonds. The number of fused-ring (bicyclic) bond motifs is 3. The number of methoxy groups -OCH3 is 1. The van der Waals surface area contributed by atoms with Crippen LogP contribution in [0.1, 0.15) is 28.5 Å². The molecule has 0 N–H and O–H groups in total. The van der Waals surface area contributed by atoms with Gasteiger partial charge >= 0.3 is 0 Å². The topological polar surface area (TPSA) is 69.5 Å². The molecule has 7 nitrogen and oxygen atoms in total. The average Bonchev–Trinajstić information content (AvgIpc) is 3.09. The monoisotopic (exact) mass is 348 g/mol. The zero-order chi connectivity index (χ0) is 16.7. The summed E-state index contributed by atoms with van der Waals surface area (Å²) in [6.07, 6.45) is 2.54. The van der Waals surface area contributed by atoms with Crippen LogP contribution in [0, 0.1) is 0 Å². The Balaban J connectivity index is 1.59. The van der Waals surface area contributed by atoms with Gasteiger partial charge in [-0.15, -0.1) is 5.10 Å². The summed E-state index contributed by atoms with van der Waals surface area (Å²) in [6.45, 7) is 1.69. The molecule has 1 saturated heterocycles. The third kappa shape index (κ3) is 2.53. The van der Waals surface area contributed by atoms with Gasteiger partial charge in [-0.3, -0.25) is 4.79 Å². The minimum Gasteiger partial charge on any atom is -0.496 e. The van der Waals surface area contributed by atoms with Crippen LogP contribution in [0.25, 0.3) is 0 Å². The highest BCUT2D eigenvalue weighted by Crippen LogP contribution is 2.32. The van der Waals surface area contributed by atoms with Crippen molar-refractivity contribution in [1.82, 2.24) is 19.9 Å². The molecule has 24 heavy (non-hydrogen) atoms. The van der Waals surface area contributed by atoms with Gasteiger partial charge in [-0.1, -0.05) is 16.8 Å². The van der Waals surface area contributed by atoms with Gasteiger partial charge in [0, 0.05) is 18.1 Å². The molecule has 0 radical (unpaired) electrons. The van der Waals surface area contributed by atoms with E-state index in [2.05, 4.69) is 10.3 Å². The molecule has 4 rings (SSSR count). The minimum atomic E-state index is -0.0748. The number of rotatable bonds is 2. The largest absolute Gasteiger partial charge is 0.496 e. The number of aromatic nitrogens is 3. The second kappa shape index (κ2) is 6.07. The molecule has 0 unspecified atom stereocenters. The van der Waals surface area contributed by atoms with Crippen LogP contribution >= 0.6 is 11.6 Å². The Morgan fingerprint density at radius 3 is 3.17 bits per heavy atom. The van der Waals surface area contributed by atoms with Crippen LogP contribution in [0.5, 0.6) is 5.75 Å². The van der Waals surface area contributed by atoms with Crippen molar-refractivity contribution in [2.75, 3.05) is 20.2 Å². The van der Waals surface area contributed by atoms with Crippen LogP contribution < -0.4 is 4.74 Å². The number of nitrogens with zero attached hydrogens (tertiary/aromatic N) is 4. The van der Waals surface area contributed by atoms with Crippen molar-refractivity contribution < 1.29 is 14.3 Å². The lowest BCUT2D eigenvalue weighted by atomic mass is 9.99. The Labute approximate surface area is 144 Å². The van der Waals surface area contributed by atoms with E-state index < -0.39 is 0 Å². The van der Waals surface area contributed by atoms with Gasteiger partial charge in [-0.05, 0) is 24.6 Å². The number of hydrogen-bond acceptors (Lipinski definition) is 5. The first-order valence-corrected chi connectivity index (χ1v) is 8.18. The first-order valence-electron chi connectivity index (χ1n) is 7.81. The van der Waals surface area contributed by atoms with Crippen LogP contribution in [0.3, 0.4) is 0 Å². The summed E-state index contributed by atoms with van der Waals surface area (Å²) in [5.74, 6) is 0.408. The van der Waals surface area contributed by atoms with E-state index in [1.807, 2.05) is 9.58 Å². The maximum atomic E-state index is 12.9. The van der Waals surface area contributed by atoms with Gasteiger partial charge < -0.3 is 14.4 Å². The Hall–Kier alpha value is -2.12. The van der Waals surface area contributed by atoms with Crippen molar-refractivity contribution >= 4 is 17.5 Å². The van der Waals surface area contributed by atoms with Gasteiger partial charge in [0.1, 0.15) is 5.75 Å². The van der Waals surface area contributed by atoms with Crippen molar-refractivity contribution in [3.63, 3.8) is 0 Å². The number of benzene rings is 1. The molecule has 0 saturated carbocycles. The van der Waals surface area contributed by atoms with E-state index in [-0.39, 0.29) is 18.1 Å². The van der Waals surface area contributed by atoms with Gasteiger partial charge in [-0.2, -0.15) is 0 Å². The fourth-order valence-corrected chi connectivity index (χ4v) is 3.54. The second-order valence-electron chi connectivity index (χ2n) is 5.97. The fourth-order valence-electron chi connectivity index (χ4n) is 3.38. The molecule has 0 bridgehead atoms. The van der Waals surface area contributed by atoms with E-state index in [9.17, 15) is 4.79 Å². The molecule has 126 valence electrons. The lowest BCUT2D eigenvalue weighted by molar-refractivity contribution is -0.0605. The number of carbonyl (C=O) groups is 1. The summed E-state index contributed by atoms with van der Waals surface area (Å²) in [4.78, 5) is 14.7. The molecular weight excluding hydrogens is 332 g/mol. The number of halogens is 1. The molecule has 1 aromatic heterocycles. The van der Waals surface area contributed by atoms with E-state index in [4.69, 9.17) is 21.1 Å². The number of carbonyl (C=O) groups excluding carboxylic acids is 1. The fraction of sp³-hybridized carbons (Fsp3) is 0.438. The molecule has 0 spiro atoms. The van der Waals surface area contributed by atoms with Crippen LogP contribution in [0.15, 0.2) is 24.4 Å². The number of amides is 1. The average molecular weight is 349 g/mol. The van der Waals surface area contributed by atoms with Crippen molar-refractivity contribution in [2.45, 2.75) is 25.2 Å². The highest BCUT2D eigenvalue weighted by molar-refractivity contribution is 6.30. The van der Waals surface area contributed by atoms with Crippen LogP contribution in [0.2, 0.25) is 5.02 Å². The summed E-state index contributed by atoms with van der Waals surface area (Å²) < 4.78 is 13.1. The maximum Gasteiger partial charge on any atom is 0.257 e. The molecule has 8 heteroatoms. The Morgan fingerprint density at radius 2 is 2.33 bits per heavy atom. The molecule has 1 fully saturated rings. The predicted molar refractivity (Wildman–Crippen MR) is 86.2 cm³/mol. The summed E-state index contributed by atoms with van der Waals surface area (Å²) in [5.41, 5.74) is 1.45. The van der Waals surface area contributed by atoms with Crippen molar-refractivity contribution in [3.8, 4) is 5.75 Å². The number of piperidine rings is 1. The highest BCUT2D eigenvalue weighted by atomic mass is 35.5. The van der Waals surface area contributed by atoms with Crippen molar-refractivity contribution in [2.24, 2.45) is 0 Å². The lowest BCUT2D eigenvalue weighted by Crippen LogP contribution is -2.49. The number of hydrogen-bond donors (Lipinski definition) is 0. The van der Waals surface area contributed by atoms with Gasteiger partial charge in [-0.25, -0.2) is 4.68 Å². The van der Waals surface area contributed by atoms with Crippen molar-refractivity contribution in [1.29, 1.82) is 0 Å². The third-order valence-corrected chi connectivity index (χ3v) is 4.84. The van der Waals surface area contributed by atoms with Gasteiger partial charge in [0.05, 0.1) is 43.3 Å².